The lowest BCUT2D eigenvalue weighted by Gasteiger charge is -1.96. The average Bonchev–Trinajstić information content (AvgIpc) is 3.20. The molecule has 0 amide bonds. The Kier molecular flexibility index (Phi) is 4.10. The van der Waals surface area contributed by atoms with Gasteiger partial charge in [0.1, 0.15) is 5.01 Å². The van der Waals surface area contributed by atoms with Crippen molar-refractivity contribution in [3.05, 3.63) is 57.0 Å². The van der Waals surface area contributed by atoms with Crippen molar-refractivity contribution in [3.63, 3.8) is 0 Å². The number of benzene rings is 1. The number of hydrogen-bond donors (Lipinski definition) is 1. The van der Waals surface area contributed by atoms with Crippen LogP contribution in [0, 0.1) is 13.8 Å². The van der Waals surface area contributed by atoms with Crippen molar-refractivity contribution in [3.8, 4) is 11.4 Å². The molecule has 0 unspecified atom stereocenters. The van der Waals surface area contributed by atoms with Crippen LogP contribution in [0.1, 0.15) is 16.3 Å². The molecule has 3 aromatic heterocycles. The van der Waals surface area contributed by atoms with E-state index < -0.39 is 0 Å². The summed E-state index contributed by atoms with van der Waals surface area (Å²) in [6.45, 7) is 3.85. The Morgan fingerprint density at radius 2 is 2.00 bits per heavy atom. The second-order valence-corrected chi connectivity index (χ2v) is 7.53. The zero-order valence-corrected chi connectivity index (χ0v) is 15.2. The van der Waals surface area contributed by atoms with Crippen molar-refractivity contribution in [2.45, 2.75) is 24.8 Å². The van der Waals surface area contributed by atoms with Crippen LogP contribution >= 0.6 is 23.1 Å². The second kappa shape index (κ2) is 6.41. The number of aromatic amines is 1. The van der Waals surface area contributed by atoms with Crippen molar-refractivity contribution < 1.29 is 0 Å². The van der Waals surface area contributed by atoms with Gasteiger partial charge in [-0.1, -0.05) is 52.9 Å². The number of nitrogens with one attached hydrogen (secondary N) is 1. The molecule has 9 heteroatoms. The molecule has 4 rings (SSSR count). The minimum atomic E-state index is -0.158. The molecule has 0 atom stereocenters. The van der Waals surface area contributed by atoms with Gasteiger partial charge in [-0.2, -0.15) is 9.61 Å². The van der Waals surface area contributed by atoms with Gasteiger partial charge in [-0.05, 0) is 13.8 Å². The van der Waals surface area contributed by atoms with Crippen LogP contribution in [0.2, 0.25) is 0 Å². The van der Waals surface area contributed by atoms with E-state index in [2.05, 4.69) is 25.3 Å². The molecular weight excluding hydrogens is 356 g/mol. The van der Waals surface area contributed by atoms with Crippen molar-refractivity contribution in [2.75, 3.05) is 0 Å². The standard InChI is InChI=1S/C16H14N6OS2/c1-9-3-5-11(6-4-9)14-18-15(20-19-14)24-8-12-21-22-13(23)7-10(2)17-16(22)25-12/h3-7H,8H2,1-2H3,(H,18,19,20). The third-order valence-electron chi connectivity index (χ3n) is 3.53. The Bertz CT molecular complexity index is 1100. The van der Waals surface area contributed by atoms with Crippen LogP contribution < -0.4 is 5.56 Å². The van der Waals surface area contributed by atoms with E-state index in [9.17, 15) is 4.79 Å². The summed E-state index contributed by atoms with van der Waals surface area (Å²) in [7, 11) is 0. The Morgan fingerprint density at radius 1 is 1.20 bits per heavy atom. The number of fused-ring (bicyclic) bond motifs is 1. The van der Waals surface area contributed by atoms with E-state index in [4.69, 9.17) is 0 Å². The van der Waals surface area contributed by atoms with Crippen LogP contribution in [-0.4, -0.2) is 29.8 Å². The van der Waals surface area contributed by atoms with Crippen LogP contribution in [0.25, 0.3) is 16.3 Å². The van der Waals surface area contributed by atoms with Gasteiger partial charge in [-0.15, -0.1) is 5.10 Å². The number of aryl methyl sites for hydroxylation is 2. The summed E-state index contributed by atoms with van der Waals surface area (Å²) in [6.07, 6.45) is 0. The van der Waals surface area contributed by atoms with Crippen LogP contribution in [0.5, 0.6) is 0 Å². The minimum absolute atomic E-state index is 0.158. The summed E-state index contributed by atoms with van der Waals surface area (Å²) >= 11 is 2.87. The molecule has 3 heterocycles. The molecule has 0 aliphatic heterocycles. The van der Waals surface area contributed by atoms with Crippen molar-refractivity contribution in [2.24, 2.45) is 0 Å². The molecule has 7 nitrogen and oxygen atoms in total. The largest absolute Gasteiger partial charge is 0.275 e. The normalized spacial score (nSPS) is 11.3. The first-order valence-electron chi connectivity index (χ1n) is 7.57. The first-order chi connectivity index (χ1) is 12.1. The van der Waals surface area contributed by atoms with E-state index in [1.807, 2.05) is 31.2 Å². The maximum Gasteiger partial charge on any atom is 0.275 e. The Balaban J connectivity index is 1.51. The fourth-order valence-electron chi connectivity index (χ4n) is 2.30. The highest BCUT2D eigenvalue weighted by atomic mass is 32.2. The third kappa shape index (κ3) is 3.33. The SMILES string of the molecule is Cc1ccc(-c2nc(SCc3nn4c(=O)cc(C)nc4s3)n[nH]2)cc1. The maximum atomic E-state index is 11.9. The molecule has 0 saturated carbocycles. The lowest BCUT2D eigenvalue weighted by molar-refractivity contribution is 0.869. The Hall–Kier alpha value is -2.52. The van der Waals surface area contributed by atoms with E-state index in [0.29, 0.717) is 21.6 Å². The van der Waals surface area contributed by atoms with E-state index in [0.717, 1.165) is 16.4 Å². The molecular formula is C16H14N6OS2. The van der Waals surface area contributed by atoms with Crippen LogP contribution in [0.15, 0.2) is 40.3 Å². The molecule has 0 aliphatic carbocycles. The lowest BCUT2D eigenvalue weighted by atomic mass is 10.1. The second-order valence-electron chi connectivity index (χ2n) is 5.55. The van der Waals surface area contributed by atoms with Crippen LogP contribution in [0.3, 0.4) is 0 Å². The molecule has 4 aromatic rings. The van der Waals surface area contributed by atoms with Gasteiger partial charge in [0.25, 0.3) is 5.56 Å². The maximum absolute atomic E-state index is 11.9. The van der Waals surface area contributed by atoms with E-state index in [1.165, 1.54) is 39.2 Å². The lowest BCUT2D eigenvalue weighted by Crippen LogP contribution is -2.14. The smallest absolute Gasteiger partial charge is 0.267 e. The monoisotopic (exact) mass is 370 g/mol. The van der Waals surface area contributed by atoms with Crippen molar-refractivity contribution in [1.29, 1.82) is 0 Å². The molecule has 1 aromatic carbocycles. The van der Waals surface area contributed by atoms with Gasteiger partial charge in [-0.25, -0.2) is 9.97 Å². The minimum Gasteiger partial charge on any atom is -0.267 e. The van der Waals surface area contributed by atoms with Crippen LogP contribution in [0.4, 0.5) is 0 Å². The first-order valence-corrected chi connectivity index (χ1v) is 9.37. The third-order valence-corrected chi connectivity index (χ3v) is 5.48. The Morgan fingerprint density at radius 3 is 2.80 bits per heavy atom. The zero-order chi connectivity index (χ0) is 17.4. The molecule has 0 bridgehead atoms. The Labute approximate surface area is 151 Å². The molecule has 0 aliphatic rings. The van der Waals surface area contributed by atoms with Gasteiger partial charge < -0.3 is 0 Å². The molecule has 25 heavy (non-hydrogen) atoms. The van der Waals surface area contributed by atoms with Gasteiger partial charge in [0, 0.05) is 17.3 Å². The van der Waals surface area contributed by atoms with Gasteiger partial charge in [-0.3, -0.25) is 9.89 Å². The molecule has 0 radical (unpaired) electrons. The van der Waals surface area contributed by atoms with Crippen molar-refractivity contribution >= 4 is 28.1 Å². The zero-order valence-electron chi connectivity index (χ0n) is 13.6. The van der Waals surface area contributed by atoms with E-state index >= 15 is 0 Å². The molecule has 1 N–H and O–H groups in total. The van der Waals surface area contributed by atoms with E-state index in [1.54, 1.807) is 6.92 Å². The number of thioether (sulfide) groups is 1. The highest BCUT2D eigenvalue weighted by molar-refractivity contribution is 7.98. The summed E-state index contributed by atoms with van der Waals surface area (Å²) in [6, 6.07) is 9.58. The van der Waals surface area contributed by atoms with Gasteiger partial charge in [0.05, 0.1) is 5.75 Å². The number of rotatable bonds is 4. The summed E-state index contributed by atoms with van der Waals surface area (Å²) in [4.78, 5) is 21.3. The van der Waals surface area contributed by atoms with Crippen molar-refractivity contribution in [1.82, 2.24) is 29.8 Å². The number of H-pyrrole nitrogens is 1. The average molecular weight is 370 g/mol. The molecule has 126 valence electrons. The predicted molar refractivity (Wildman–Crippen MR) is 98.0 cm³/mol. The molecule has 0 spiro atoms. The highest BCUT2D eigenvalue weighted by Crippen LogP contribution is 2.24. The predicted octanol–water partition coefficient (Wildman–Crippen LogP) is 2.85. The van der Waals surface area contributed by atoms with Gasteiger partial charge >= 0.3 is 0 Å². The summed E-state index contributed by atoms with van der Waals surface area (Å²) in [5.74, 6) is 1.32. The van der Waals surface area contributed by atoms with Gasteiger partial charge in [0.2, 0.25) is 10.1 Å². The number of nitrogens with zero attached hydrogens (tertiary/aromatic N) is 5. The summed E-state index contributed by atoms with van der Waals surface area (Å²) in [5.41, 5.74) is 2.74. The fourth-order valence-corrected chi connectivity index (χ4v) is 4.03. The molecule has 0 fully saturated rings. The first kappa shape index (κ1) is 16.0. The summed E-state index contributed by atoms with van der Waals surface area (Å²) in [5, 5.41) is 13.0. The topological polar surface area (TPSA) is 88.8 Å². The number of hydrogen-bond acceptors (Lipinski definition) is 7. The van der Waals surface area contributed by atoms with E-state index in [-0.39, 0.29) is 5.56 Å². The summed E-state index contributed by atoms with van der Waals surface area (Å²) < 4.78 is 1.34. The molecule has 0 saturated heterocycles. The quantitative estimate of drug-likeness (QED) is 0.556. The van der Waals surface area contributed by atoms with Crippen LogP contribution in [-0.2, 0) is 5.75 Å². The number of aromatic nitrogens is 6. The van der Waals surface area contributed by atoms with Gasteiger partial charge in [0.15, 0.2) is 5.82 Å². The highest BCUT2D eigenvalue weighted by Gasteiger charge is 2.11. The fraction of sp³-hybridized carbons (Fsp3) is 0.188.